The Morgan fingerprint density at radius 1 is 1.33 bits per heavy atom. The van der Waals surface area contributed by atoms with Crippen LogP contribution in [0.3, 0.4) is 0 Å². The molecular weight excluding hydrogens is 232 g/mol. The second kappa shape index (κ2) is 8.63. The Balaban J connectivity index is 2.20. The van der Waals surface area contributed by atoms with Crippen LogP contribution in [0.25, 0.3) is 0 Å². The molecule has 0 saturated carbocycles. The lowest BCUT2D eigenvalue weighted by Gasteiger charge is -2.12. The first-order valence-electron chi connectivity index (χ1n) is 6.02. The van der Waals surface area contributed by atoms with Gasteiger partial charge in [0, 0.05) is 13.2 Å². The van der Waals surface area contributed by atoms with Crippen molar-refractivity contribution in [1.29, 1.82) is 0 Å². The summed E-state index contributed by atoms with van der Waals surface area (Å²) < 4.78 is 5.08. The number of nitrogens with one attached hydrogen (secondary N) is 1. The van der Waals surface area contributed by atoms with Crippen molar-refractivity contribution in [2.75, 3.05) is 26.4 Å². The quantitative estimate of drug-likeness (QED) is 0.577. The van der Waals surface area contributed by atoms with Gasteiger partial charge in [0.25, 0.3) is 0 Å². The monoisotopic (exact) mass is 252 g/mol. The highest BCUT2D eigenvalue weighted by Crippen LogP contribution is 2.08. The van der Waals surface area contributed by atoms with Gasteiger partial charge in [-0.3, -0.25) is 4.79 Å². The molecule has 1 rings (SSSR count). The lowest BCUT2D eigenvalue weighted by atomic mass is 10.1. The molecule has 1 amide bonds. The number of aliphatic hydroxyl groups excluding tert-OH is 1. The van der Waals surface area contributed by atoms with Crippen molar-refractivity contribution in [2.24, 2.45) is 5.73 Å². The zero-order valence-electron chi connectivity index (χ0n) is 10.3. The van der Waals surface area contributed by atoms with Gasteiger partial charge in [0.2, 0.25) is 5.91 Å². The second-order valence-electron chi connectivity index (χ2n) is 3.87. The van der Waals surface area contributed by atoms with Crippen LogP contribution in [0.15, 0.2) is 30.3 Å². The normalized spacial score (nSPS) is 12.1. The molecule has 0 aromatic heterocycles. The van der Waals surface area contributed by atoms with Crippen LogP contribution in [0.5, 0.6) is 0 Å². The molecule has 5 heteroatoms. The lowest BCUT2D eigenvalue weighted by molar-refractivity contribution is -0.122. The van der Waals surface area contributed by atoms with E-state index in [1.807, 2.05) is 30.3 Å². The van der Waals surface area contributed by atoms with E-state index >= 15 is 0 Å². The third-order valence-corrected chi connectivity index (χ3v) is 2.44. The topological polar surface area (TPSA) is 84.6 Å². The summed E-state index contributed by atoms with van der Waals surface area (Å²) in [4.78, 5) is 11.7. The van der Waals surface area contributed by atoms with E-state index in [4.69, 9.17) is 15.6 Å². The van der Waals surface area contributed by atoms with Gasteiger partial charge in [0.15, 0.2) is 0 Å². The van der Waals surface area contributed by atoms with E-state index < -0.39 is 6.04 Å². The van der Waals surface area contributed by atoms with E-state index in [0.29, 0.717) is 26.2 Å². The molecule has 0 unspecified atom stereocenters. The van der Waals surface area contributed by atoms with Gasteiger partial charge in [0.1, 0.15) is 6.04 Å². The Morgan fingerprint density at radius 2 is 2.06 bits per heavy atom. The van der Waals surface area contributed by atoms with Crippen molar-refractivity contribution in [2.45, 2.75) is 12.5 Å². The predicted molar refractivity (Wildman–Crippen MR) is 68.9 cm³/mol. The van der Waals surface area contributed by atoms with Crippen molar-refractivity contribution >= 4 is 5.91 Å². The van der Waals surface area contributed by atoms with Gasteiger partial charge in [-0.2, -0.15) is 0 Å². The molecule has 0 aliphatic rings. The highest BCUT2D eigenvalue weighted by atomic mass is 16.5. The summed E-state index contributed by atoms with van der Waals surface area (Å²) in [6, 6.07) is 8.61. The molecule has 1 aromatic rings. The fourth-order valence-electron chi connectivity index (χ4n) is 1.47. The number of nitrogens with two attached hydrogens (primary N) is 1. The average Bonchev–Trinajstić information content (AvgIpc) is 2.42. The van der Waals surface area contributed by atoms with E-state index in [2.05, 4.69) is 5.32 Å². The summed E-state index contributed by atoms with van der Waals surface area (Å²) in [5.41, 5.74) is 6.62. The number of amides is 1. The first kappa shape index (κ1) is 14.6. The minimum atomic E-state index is -0.635. The zero-order chi connectivity index (χ0) is 13.2. The van der Waals surface area contributed by atoms with Crippen LogP contribution < -0.4 is 11.1 Å². The first-order valence-corrected chi connectivity index (χ1v) is 6.02. The molecule has 0 heterocycles. The average molecular weight is 252 g/mol. The van der Waals surface area contributed by atoms with Crippen LogP contribution in [0.4, 0.5) is 0 Å². The molecule has 1 atom stereocenters. The van der Waals surface area contributed by atoms with Gasteiger partial charge in [-0.25, -0.2) is 0 Å². The molecule has 0 fully saturated rings. The molecule has 1 aromatic carbocycles. The van der Waals surface area contributed by atoms with E-state index in [1.165, 1.54) is 0 Å². The number of ether oxygens (including phenoxy) is 1. The van der Waals surface area contributed by atoms with E-state index in [0.717, 1.165) is 5.56 Å². The summed E-state index contributed by atoms with van der Waals surface area (Å²) in [5, 5.41) is 11.2. The summed E-state index contributed by atoms with van der Waals surface area (Å²) >= 11 is 0. The van der Waals surface area contributed by atoms with Crippen LogP contribution in [-0.2, 0) is 9.53 Å². The fraction of sp³-hybridized carbons (Fsp3) is 0.462. The second-order valence-corrected chi connectivity index (χ2v) is 3.87. The van der Waals surface area contributed by atoms with Crippen molar-refractivity contribution in [1.82, 2.24) is 5.32 Å². The fourth-order valence-corrected chi connectivity index (χ4v) is 1.47. The lowest BCUT2D eigenvalue weighted by Crippen LogP contribution is -2.34. The third-order valence-electron chi connectivity index (χ3n) is 2.44. The van der Waals surface area contributed by atoms with Crippen molar-refractivity contribution in [3.63, 3.8) is 0 Å². The minimum Gasteiger partial charge on any atom is -0.394 e. The molecule has 0 saturated heterocycles. The maximum absolute atomic E-state index is 11.7. The van der Waals surface area contributed by atoms with Gasteiger partial charge < -0.3 is 20.9 Å². The number of hydrogen-bond acceptors (Lipinski definition) is 4. The SMILES string of the molecule is N[C@@H](C(=O)NCCCOCCO)c1ccccc1. The molecule has 0 radical (unpaired) electrons. The maximum atomic E-state index is 11.7. The molecule has 18 heavy (non-hydrogen) atoms. The largest absolute Gasteiger partial charge is 0.394 e. The van der Waals surface area contributed by atoms with E-state index in [1.54, 1.807) is 0 Å². The van der Waals surface area contributed by atoms with Gasteiger partial charge in [-0.1, -0.05) is 30.3 Å². The molecule has 100 valence electrons. The van der Waals surface area contributed by atoms with Crippen molar-refractivity contribution < 1.29 is 14.6 Å². The van der Waals surface area contributed by atoms with Crippen LogP contribution >= 0.6 is 0 Å². The number of aliphatic hydroxyl groups is 1. The molecule has 0 aliphatic heterocycles. The maximum Gasteiger partial charge on any atom is 0.241 e. The van der Waals surface area contributed by atoms with E-state index in [-0.39, 0.29) is 12.5 Å². The van der Waals surface area contributed by atoms with Gasteiger partial charge >= 0.3 is 0 Å². The molecule has 0 aliphatic carbocycles. The summed E-state index contributed by atoms with van der Waals surface area (Å²) in [5.74, 6) is -0.191. The summed E-state index contributed by atoms with van der Waals surface area (Å²) in [7, 11) is 0. The Bertz CT molecular complexity index is 343. The smallest absolute Gasteiger partial charge is 0.241 e. The Morgan fingerprint density at radius 3 is 2.72 bits per heavy atom. The van der Waals surface area contributed by atoms with Crippen LogP contribution in [0, 0.1) is 0 Å². The molecule has 5 nitrogen and oxygen atoms in total. The van der Waals surface area contributed by atoms with Gasteiger partial charge in [-0.05, 0) is 12.0 Å². The summed E-state index contributed by atoms with van der Waals surface area (Å²) in [6.07, 6.45) is 0.702. The molecule has 4 N–H and O–H groups in total. The van der Waals surface area contributed by atoms with Crippen LogP contribution in [-0.4, -0.2) is 37.4 Å². The highest BCUT2D eigenvalue weighted by Gasteiger charge is 2.14. The van der Waals surface area contributed by atoms with Crippen molar-refractivity contribution in [3.8, 4) is 0 Å². The summed E-state index contributed by atoms with van der Waals surface area (Å²) in [6.45, 7) is 1.38. The molecule has 0 bridgehead atoms. The van der Waals surface area contributed by atoms with Gasteiger partial charge in [0.05, 0.1) is 13.2 Å². The standard InChI is InChI=1S/C13H20N2O3/c14-12(11-5-2-1-3-6-11)13(17)15-7-4-9-18-10-8-16/h1-3,5-6,12,16H,4,7-10,14H2,(H,15,17)/t12-/m1/s1. The number of carbonyl (C=O) groups excluding carboxylic acids is 1. The highest BCUT2D eigenvalue weighted by molar-refractivity contribution is 5.82. The number of carbonyl (C=O) groups is 1. The molecule has 0 spiro atoms. The Hall–Kier alpha value is -1.43. The minimum absolute atomic E-state index is 0.0191. The zero-order valence-corrected chi connectivity index (χ0v) is 10.3. The number of benzene rings is 1. The van der Waals surface area contributed by atoms with Crippen molar-refractivity contribution in [3.05, 3.63) is 35.9 Å². The Labute approximate surface area is 107 Å². The van der Waals surface area contributed by atoms with Crippen LogP contribution in [0.2, 0.25) is 0 Å². The van der Waals surface area contributed by atoms with Gasteiger partial charge in [-0.15, -0.1) is 0 Å². The Kier molecular flexibility index (Phi) is 7.01. The van der Waals surface area contributed by atoms with E-state index in [9.17, 15) is 4.79 Å². The third kappa shape index (κ3) is 5.27. The predicted octanol–water partition coefficient (Wildman–Crippen LogP) is 0.202. The first-order chi connectivity index (χ1) is 8.75. The van der Waals surface area contributed by atoms with Crippen LogP contribution in [0.1, 0.15) is 18.0 Å². The number of rotatable bonds is 8. The number of hydrogen-bond donors (Lipinski definition) is 3. The molecular formula is C13H20N2O3.